The van der Waals surface area contributed by atoms with E-state index < -0.39 is 0 Å². The summed E-state index contributed by atoms with van der Waals surface area (Å²) in [5, 5.41) is 0. The molecule has 1 aromatic carbocycles. The second kappa shape index (κ2) is 4.07. The molecule has 0 saturated heterocycles. The predicted molar refractivity (Wildman–Crippen MR) is 63.8 cm³/mol. The molecule has 0 N–H and O–H groups in total. The maximum Gasteiger partial charge on any atom is 0.166 e. The Hall–Kier alpha value is -0.280. The van der Waals surface area contributed by atoms with Crippen molar-refractivity contribution >= 4 is 33.5 Å². The Morgan fingerprint density at radius 1 is 1.50 bits per heavy atom. The van der Waals surface area contributed by atoms with Crippen molar-refractivity contribution in [2.45, 2.75) is 12.7 Å². The minimum atomic E-state index is 0.149. The molecule has 0 amide bonds. The minimum Gasteiger partial charge on any atom is -0.294 e. The molecule has 1 atom stereocenters. The first-order valence-corrected chi connectivity index (χ1v) is 6.53. The van der Waals surface area contributed by atoms with Gasteiger partial charge in [-0.3, -0.25) is 4.79 Å². The molecular weight excluding hydrogens is 260 g/mol. The molecular formula is C11H11BrOS. The lowest BCUT2D eigenvalue weighted by Gasteiger charge is -2.06. The number of carbonyl (C=O) groups excluding carboxylic acids is 1. The number of fused-ring (bicyclic) bond motifs is 1. The molecule has 0 bridgehead atoms. The number of carbonyl (C=O) groups is 1. The highest BCUT2D eigenvalue weighted by Crippen LogP contribution is 2.28. The van der Waals surface area contributed by atoms with Gasteiger partial charge in [-0.1, -0.05) is 28.9 Å². The van der Waals surface area contributed by atoms with Crippen molar-refractivity contribution in [3.8, 4) is 0 Å². The average Bonchev–Trinajstić information content (AvgIpc) is 2.30. The van der Waals surface area contributed by atoms with Crippen LogP contribution in [0.2, 0.25) is 0 Å². The van der Waals surface area contributed by atoms with Gasteiger partial charge < -0.3 is 0 Å². The Balaban J connectivity index is 2.50. The maximum absolute atomic E-state index is 12.0. The van der Waals surface area contributed by atoms with E-state index >= 15 is 0 Å². The monoisotopic (exact) mass is 270 g/mol. The Kier molecular flexibility index (Phi) is 2.98. The van der Waals surface area contributed by atoms with Crippen LogP contribution in [0.3, 0.4) is 0 Å². The fourth-order valence-corrected chi connectivity index (χ4v) is 3.05. The molecule has 1 aromatic rings. The molecule has 14 heavy (non-hydrogen) atoms. The van der Waals surface area contributed by atoms with Crippen LogP contribution in [0.25, 0.3) is 0 Å². The van der Waals surface area contributed by atoms with Crippen LogP contribution in [0.15, 0.2) is 22.7 Å². The fourth-order valence-electron chi connectivity index (χ4n) is 1.59. The van der Waals surface area contributed by atoms with Crippen LogP contribution in [-0.2, 0) is 5.75 Å². The number of Topliss-reactive ketones (excluding diaryl/α,β-unsaturated/α-hetero) is 1. The Morgan fingerprint density at radius 2 is 2.29 bits per heavy atom. The van der Waals surface area contributed by atoms with Crippen LogP contribution < -0.4 is 0 Å². The van der Waals surface area contributed by atoms with Crippen molar-refractivity contribution < 1.29 is 4.79 Å². The summed E-state index contributed by atoms with van der Waals surface area (Å²) in [6.45, 7) is 2.01. The Labute approximate surface area is 96.4 Å². The number of hydrogen-bond donors (Lipinski definition) is 0. The van der Waals surface area contributed by atoms with Crippen LogP contribution in [0.5, 0.6) is 0 Å². The van der Waals surface area contributed by atoms with Crippen molar-refractivity contribution in [3.63, 3.8) is 0 Å². The average molecular weight is 271 g/mol. The van der Waals surface area contributed by atoms with Gasteiger partial charge in [-0.05, 0) is 17.7 Å². The lowest BCUT2D eigenvalue weighted by atomic mass is 9.97. The summed E-state index contributed by atoms with van der Waals surface area (Å²) < 4.78 is 0.990. The second-order valence-electron chi connectivity index (χ2n) is 3.58. The van der Waals surface area contributed by atoms with Crippen molar-refractivity contribution in [2.24, 2.45) is 5.92 Å². The third-order valence-corrected chi connectivity index (χ3v) is 4.15. The van der Waals surface area contributed by atoms with E-state index in [1.165, 1.54) is 5.56 Å². The molecule has 0 fully saturated rings. The largest absolute Gasteiger partial charge is 0.294 e. The highest BCUT2D eigenvalue weighted by molar-refractivity contribution is 9.10. The SMILES string of the molecule is CC1CSCc2ccc(Br)cc2C1=O. The van der Waals surface area contributed by atoms with Gasteiger partial charge in [0.2, 0.25) is 0 Å². The van der Waals surface area contributed by atoms with Gasteiger partial charge in [0.05, 0.1) is 0 Å². The van der Waals surface area contributed by atoms with E-state index in [2.05, 4.69) is 15.9 Å². The van der Waals surface area contributed by atoms with Crippen molar-refractivity contribution in [1.29, 1.82) is 0 Å². The first-order chi connectivity index (χ1) is 6.68. The molecule has 1 unspecified atom stereocenters. The number of halogens is 1. The zero-order valence-corrected chi connectivity index (χ0v) is 10.3. The van der Waals surface area contributed by atoms with Crippen molar-refractivity contribution in [3.05, 3.63) is 33.8 Å². The third-order valence-electron chi connectivity index (χ3n) is 2.41. The molecule has 1 aliphatic heterocycles. The van der Waals surface area contributed by atoms with Crippen LogP contribution in [0, 0.1) is 5.92 Å². The van der Waals surface area contributed by atoms with Gasteiger partial charge in [-0.2, -0.15) is 11.8 Å². The summed E-state index contributed by atoms with van der Waals surface area (Å²) in [6, 6.07) is 5.99. The Bertz CT molecular complexity index is 376. The topological polar surface area (TPSA) is 17.1 Å². The predicted octanol–water partition coefficient (Wildman–Crippen LogP) is 3.51. The molecule has 1 aliphatic rings. The molecule has 3 heteroatoms. The number of ketones is 1. The summed E-state index contributed by atoms with van der Waals surface area (Å²) >= 11 is 5.24. The van der Waals surface area contributed by atoms with E-state index in [4.69, 9.17) is 0 Å². The first kappa shape index (κ1) is 10.2. The van der Waals surface area contributed by atoms with E-state index in [1.54, 1.807) is 0 Å². The molecule has 0 aromatic heterocycles. The normalized spacial score (nSPS) is 21.6. The van der Waals surface area contributed by atoms with E-state index in [1.807, 2.05) is 36.9 Å². The van der Waals surface area contributed by atoms with Gasteiger partial charge >= 0.3 is 0 Å². The molecule has 1 heterocycles. The van der Waals surface area contributed by atoms with E-state index in [-0.39, 0.29) is 11.7 Å². The van der Waals surface area contributed by atoms with E-state index in [0.29, 0.717) is 0 Å². The quantitative estimate of drug-likeness (QED) is 0.718. The molecule has 0 radical (unpaired) electrons. The first-order valence-electron chi connectivity index (χ1n) is 4.59. The van der Waals surface area contributed by atoms with Gasteiger partial charge in [0.15, 0.2) is 5.78 Å². The number of rotatable bonds is 0. The summed E-state index contributed by atoms with van der Waals surface area (Å²) in [6.07, 6.45) is 0. The van der Waals surface area contributed by atoms with Gasteiger partial charge in [-0.25, -0.2) is 0 Å². The number of hydrogen-bond acceptors (Lipinski definition) is 2. The molecule has 2 rings (SSSR count). The summed E-state index contributed by atoms with van der Waals surface area (Å²) in [4.78, 5) is 12.0. The van der Waals surface area contributed by atoms with Crippen LogP contribution >= 0.6 is 27.7 Å². The summed E-state index contributed by atoms with van der Waals surface area (Å²) in [7, 11) is 0. The zero-order valence-electron chi connectivity index (χ0n) is 7.92. The van der Waals surface area contributed by atoms with Crippen LogP contribution in [0.4, 0.5) is 0 Å². The maximum atomic E-state index is 12.0. The molecule has 1 nitrogen and oxygen atoms in total. The molecule has 0 spiro atoms. The van der Waals surface area contributed by atoms with Gasteiger partial charge in [0.1, 0.15) is 0 Å². The number of thioether (sulfide) groups is 1. The van der Waals surface area contributed by atoms with E-state index in [9.17, 15) is 4.79 Å². The third kappa shape index (κ3) is 1.89. The Morgan fingerprint density at radius 3 is 3.07 bits per heavy atom. The van der Waals surface area contributed by atoms with E-state index in [0.717, 1.165) is 21.5 Å². The molecule has 74 valence electrons. The minimum absolute atomic E-state index is 0.149. The van der Waals surface area contributed by atoms with Gasteiger partial charge in [-0.15, -0.1) is 0 Å². The lowest BCUT2D eigenvalue weighted by molar-refractivity contribution is 0.0942. The van der Waals surface area contributed by atoms with Crippen molar-refractivity contribution in [1.82, 2.24) is 0 Å². The van der Waals surface area contributed by atoms with Crippen LogP contribution in [-0.4, -0.2) is 11.5 Å². The van der Waals surface area contributed by atoms with Crippen molar-refractivity contribution in [2.75, 3.05) is 5.75 Å². The van der Waals surface area contributed by atoms with Gasteiger partial charge in [0, 0.05) is 27.5 Å². The molecule has 0 saturated carbocycles. The highest BCUT2D eigenvalue weighted by Gasteiger charge is 2.21. The highest BCUT2D eigenvalue weighted by atomic mass is 79.9. The zero-order chi connectivity index (χ0) is 10.1. The fraction of sp³-hybridized carbons (Fsp3) is 0.364. The summed E-state index contributed by atoms with van der Waals surface area (Å²) in [5.74, 6) is 2.32. The summed E-state index contributed by atoms with van der Waals surface area (Å²) in [5.41, 5.74) is 2.07. The lowest BCUT2D eigenvalue weighted by Crippen LogP contribution is -2.12. The standard InChI is InChI=1S/C11H11BrOS/c1-7-5-14-6-8-2-3-9(12)4-10(8)11(7)13/h2-4,7H,5-6H2,1H3. The molecule has 0 aliphatic carbocycles. The second-order valence-corrected chi connectivity index (χ2v) is 5.53. The smallest absolute Gasteiger partial charge is 0.166 e. The van der Waals surface area contributed by atoms with Gasteiger partial charge in [0.25, 0.3) is 0 Å². The van der Waals surface area contributed by atoms with Crippen LogP contribution in [0.1, 0.15) is 22.8 Å². The number of benzene rings is 1.